The molecule has 13 heteroatoms. The van der Waals surface area contributed by atoms with Gasteiger partial charge in [0.05, 0.1) is 36.1 Å². The highest BCUT2D eigenvalue weighted by Crippen LogP contribution is 2.30. The Morgan fingerprint density at radius 2 is 1.84 bits per heavy atom. The van der Waals surface area contributed by atoms with Gasteiger partial charge in [0, 0.05) is 43.7 Å². The lowest BCUT2D eigenvalue weighted by molar-refractivity contribution is -0.00832. The summed E-state index contributed by atoms with van der Waals surface area (Å²) in [6.07, 6.45) is 1.50. The summed E-state index contributed by atoms with van der Waals surface area (Å²) < 4.78 is 40.7. The number of hydrogen-bond donors (Lipinski definition) is 3. The summed E-state index contributed by atoms with van der Waals surface area (Å²) in [6.45, 7) is 5.99. The molecule has 0 radical (unpaired) electrons. The van der Waals surface area contributed by atoms with Gasteiger partial charge in [-0.1, -0.05) is 49.4 Å². The number of fused-ring (bicyclic) bond motifs is 2. The second kappa shape index (κ2) is 16.8. The average Bonchev–Trinajstić information content (AvgIpc) is 3.66. The first-order valence-electron chi connectivity index (χ1n) is 16.9. The Labute approximate surface area is 298 Å². The average molecular weight is 723 g/mol. The number of likely N-dealkylation sites (N-methyl/N-ethyl adjacent to an activating group) is 1. The number of nitrogens with one attached hydrogen (secondary N) is 2. The normalized spacial score (nSPS) is 20.1. The Morgan fingerprint density at radius 3 is 2.60 bits per heavy atom. The second-order valence-corrected chi connectivity index (χ2v) is 16.1. The molecule has 0 fully saturated rings. The van der Waals surface area contributed by atoms with Crippen LogP contribution >= 0.6 is 11.3 Å². The Hall–Kier alpha value is -4.01. The van der Waals surface area contributed by atoms with Gasteiger partial charge in [-0.2, -0.15) is 4.31 Å². The summed E-state index contributed by atoms with van der Waals surface area (Å²) in [4.78, 5) is 29.2. The molecule has 1 aliphatic heterocycles. The number of benzene rings is 3. The monoisotopic (exact) mass is 722 g/mol. The number of sulfonamides is 1. The van der Waals surface area contributed by atoms with Gasteiger partial charge in [0.2, 0.25) is 0 Å². The highest BCUT2D eigenvalue weighted by molar-refractivity contribution is 7.91. The predicted molar refractivity (Wildman–Crippen MR) is 198 cm³/mol. The Balaban J connectivity index is 1.42. The molecule has 268 valence electrons. The van der Waals surface area contributed by atoms with Crippen LogP contribution in [0.2, 0.25) is 0 Å². The Kier molecular flexibility index (Phi) is 12.5. The lowest BCUT2D eigenvalue weighted by Gasteiger charge is -2.35. The molecule has 0 spiro atoms. The highest BCUT2D eigenvalue weighted by atomic mass is 32.2. The molecule has 1 aliphatic rings. The molecule has 11 nitrogen and oxygen atoms in total. The summed E-state index contributed by atoms with van der Waals surface area (Å²) in [7, 11) is -2.19. The molecule has 50 heavy (non-hydrogen) atoms. The van der Waals surface area contributed by atoms with Crippen molar-refractivity contribution >= 4 is 55.4 Å². The number of rotatable bonds is 8. The molecular formula is C37H46N4O7S2. The SMILES string of the molecule is C[C@@H]1CCCCO[C@@H](CN(C)S(=O)(=O)c2cccs2)[C@@H](C)CN([C@@H](C)CO)C(=O)c2cc(NC(=O)Nc3cccc4ccccc34)ccc2O1. The molecule has 4 aromatic rings. The Morgan fingerprint density at radius 1 is 1.06 bits per heavy atom. The molecular weight excluding hydrogens is 677 g/mol. The van der Waals surface area contributed by atoms with Crippen LogP contribution in [-0.2, 0) is 14.8 Å². The fourth-order valence-electron chi connectivity index (χ4n) is 6.00. The van der Waals surface area contributed by atoms with Crippen LogP contribution in [0.3, 0.4) is 0 Å². The first kappa shape index (κ1) is 37.3. The summed E-state index contributed by atoms with van der Waals surface area (Å²) in [6, 6.07) is 20.6. The molecule has 3 aromatic carbocycles. The number of carbonyl (C=O) groups is 2. The van der Waals surface area contributed by atoms with Crippen LogP contribution in [0.1, 0.15) is 50.4 Å². The van der Waals surface area contributed by atoms with Gasteiger partial charge >= 0.3 is 6.03 Å². The summed E-state index contributed by atoms with van der Waals surface area (Å²) in [5.41, 5.74) is 1.27. The van der Waals surface area contributed by atoms with Crippen LogP contribution in [0.25, 0.3) is 10.8 Å². The highest BCUT2D eigenvalue weighted by Gasteiger charge is 2.32. The van der Waals surface area contributed by atoms with Crippen molar-refractivity contribution in [3.05, 3.63) is 83.7 Å². The van der Waals surface area contributed by atoms with E-state index in [-0.39, 0.29) is 41.5 Å². The number of ether oxygens (including phenoxy) is 2. The number of carbonyl (C=O) groups excluding carboxylic acids is 2. The third-order valence-electron chi connectivity index (χ3n) is 8.94. The minimum atomic E-state index is -3.72. The number of thiophene rings is 1. The van der Waals surface area contributed by atoms with Crippen molar-refractivity contribution in [2.24, 2.45) is 5.92 Å². The molecule has 0 saturated heterocycles. The van der Waals surface area contributed by atoms with Gasteiger partial charge in [0.1, 0.15) is 9.96 Å². The van der Waals surface area contributed by atoms with Gasteiger partial charge in [-0.3, -0.25) is 4.79 Å². The number of amides is 3. The maximum atomic E-state index is 14.4. The van der Waals surface area contributed by atoms with Gasteiger partial charge < -0.3 is 30.1 Å². The minimum absolute atomic E-state index is 0.0902. The smallest absolute Gasteiger partial charge is 0.323 e. The van der Waals surface area contributed by atoms with Crippen LogP contribution in [-0.4, -0.2) is 86.3 Å². The van der Waals surface area contributed by atoms with Crippen LogP contribution in [0.4, 0.5) is 16.2 Å². The third kappa shape index (κ3) is 9.01. The van der Waals surface area contributed by atoms with E-state index in [4.69, 9.17) is 9.47 Å². The van der Waals surface area contributed by atoms with Crippen molar-refractivity contribution < 1.29 is 32.6 Å². The van der Waals surface area contributed by atoms with Crippen molar-refractivity contribution in [1.29, 1.82) is 0 Å². The van der Waals surface area contributed by atoms with Crippen LogP contribution in [0.5, 0.6) is 5.75 Å². The van der Waals surface area contributed by atoms with E-state index in [2.05, 4.69) is 10.6 Å². The molecule has 1 aromatic heterocycles. The van der Waals surface area contributed by atoms with Crippen LogP contribution in [0, 0.1) is 5.92 Å². The molecule has 0 aliphatic carbocycles. The standard InChI is InChI=1S/C37H46N4O7S2/c1-25-22-41(26(2)24-42)36(43)31-21-29(38-37(44)39-32-15-9-13-28-12-5-6-14-30(28)32)17-18-33(31)48-27(3)11-7-8-19-47-34(25)23-40(4)50(45,46)35-16-10-20-49-35/h5-6,9-10,12-18,20-21,25-27,34,42H,7-8,11,19,22-24H2,1-4H3,(H2,38,39,44)/t25-,26-,27+,34-/m0/s1. The maximum Gasteiger partial charge on any atom is 0.323 e. The van der Waals surface area contributed by atoms with E-state index in [1.165, 1.54) is 11.4 Å². The van der Waals surface area contributed by atoms with E-state index in [9.17, 15) is 23.1 Å². The second-order valence-electron chi connectivity index (χ2n) is 12.8. The molecule has 4 atom stereocenters. The summed E-state index contributed by atoms with van der Waals surface area (Å²) in [5, 5.41) is 19.6. The molecule has 3 amide bonds. The minimum Gasteiger partial charge on any atom is -0.490 e. The fraction of sp³-hybridized carbons (Fsp3) is 0.405. The van der Waals surface area contributed by atoms with Crippen molar-refractivity contribution in [1.82, 2.24) is 9.21 Å². The predicted octanol–water partition coefficient (Wildman–Crippen LogP) is 6.66. The van der Waals surface area contributed by atoms with Crippen molar-refractivity contribution in [2.75, 3.05) is 44.0 Å². The fourth-order valence-corrected chi connectivity index (χ4v) is 8.38. The number of nitrogens with zero attached hydrogens (tertiary/aromatic N) is 2. The number of aliphatic hydroxyl groups excluding tert-OH is 1. The lowest BCUT2D eigenvalue weighted by atomic mass is 10.0. The zero-order valence-corrected chi connectivity index (χ0v) is 30.5. The number of urea groups is 1. The zero-order valence-electron chi connectivity index (χ0n) is 28.9. The van der Waals surface area contributed by atoms with Crippen molar-refractivity contribution in [2.45, 2.75) is 62.5 Å². The van der Waals surface area contributed by atoms with E-state index in [1.54, 1.807) is 47.5 Å². The topological polar surface area (TPSA) is 138 Å². The summed E-state index contributed by atoms with van der Waals surface area (Å²) in [5.74, 6) is -0.334. The molecule has 5 rings (SSSR count). The van der Waals surface area contributed by atoms with Gasteiger partial charge in [-0.15, -0.1) is 11.3 Å². The third-order valence-corrected chi connectivity index (χ3v) is 12.1. The van der Waals surface area contributed by atoms with Gasteiger partial charge in [0.25, 0.3) is 15.9 Å². The van der Waals surface area contributed by atoms with E-state index in [0.29, 0.717) is 30.2 Å². The molecule has 0 bridgehead atoms. The molecule has 3 N–H and O–H groups in total. The van der Waals surface area contributed by atoms with E-state index in [1.807, 2.05) is 56.3 Å². The first-order chi connectivity index (χ1) is 24.0. The van der Waals surface area contributed by atoms with Crippen LogP contribution < -0.4 is 15.4 Å². The molecule has 2 heterocycles. The largest absolute Gasteiger partial charge is 0.490 e. The van der Waals surface area contributed by atoms with Gasteiger partial charge in [-0.25, -0.2) is 13.2 Å². The van der Waals surface area contributed by atoms with Crippen molar-refractivity contribution in [3.8, 4) is 5.75 Å². The molecule has 0 unspecified atom stereocenters. The van der Waals surface area contributed by atoms with Gasteiger partial charge in [-0.05, 0) is 74.2 Å². The molecule has 0 saturated carbocycles. The number of aliphatic hydroxyl groups is 1. The maximum absolute atomic E-state index is 14.4. The quantitative estimate of drug-likeness (QED) is 0.185. The zero-order chi connectivity index (χ0) is 35.8. The van der Waals surface area contributed by atoms with E-state index in [0.717, 1.165) is 35.0 Å². The Bertz CT molecular complexity index is 1860. The van der Waals surface area contributed by atoms with Crippen molar-refractivity contribution in [3.63, 3.8) is 0 Å². The first-order valence-corrected chi connectivity index (χ1v) is 19.2. The number of hydrogen-bond acceptors (Lipinski definition) is 8. The summed E-state index contributed by atoms with van der Waals surface area (Å²) >= 11 is 1.16. The lowest BCUT2D eigenvalue weighted by Crippen LogP contribution is -2.48. The van der Waals surface area contributed by atoms with Crippen LogP contribution in [0.15, 0.2) is 82.4 Å². The van der Waals surface area contributed by atoms with Gasteiger partial charge in [0.15, 0.2) is 0 Å². The van der Waals surface area contributed by atoms with E-state index < -0.39 is 34.1 Å². The van der Waals surface area contributed by atoms with E-state index >= 15 is 0 Å². The number of anilines is 2.